The highest BCUT2D eigenvalue weighted by atomic mass is 14.0. The van der Waals surface area contributed by atoms with Crippen LogP contribution >= 0.6 is 0 Å². The highest BCUT2D eigenvalue weighted by molar-refractivity contribution is 5.12. The van der Waals surface area contributed by atoms with Crippen LogP contribution in [-0.4, -0.2) is 0 Å². The Morgan fingerprint density at radius 3 is 2.06 bits per heavy atom. The smallest absolute Gasteiger partial charge is 0.0283 e. The van der Waals surface area contributed by atoms with Crippen LogP contribution in [0.3, 0.4) is 0 Å². The fourth-order valence-corrected chi connectivity index (χ4v) is 1.52. The van der Waals surface area contributed by atoms with Gasteiger partial charge >= 0.3 is 0 Å². The van der Waals surface area contributed by atoms with Crippen LogP contribution < -0.4 is 0 Å². The molecule has 0 heteroatoms. The molecule has 0 radical (unpaired) electrons. The maximum atomic E-state index is 2.32. The van der Waals surface area contributed by atoms with Crippen molar-refractivity contribution in [1.29, 1.82) is 0 Å². The third kappa shape index (κ3) is 9.76. The number of hydrogen-bond acceptors (Lipinski definition) is 0. The van der Waals surface area contributed by atoms with Crippen LogP contribution in [0.5, 0.6) is 0 Å². The van der Waals surface area contributed by atoms with Gasteiger partial charge in [0.2, 0.25) is 0 Å². The molecular weight excluding hydrogens is 192 g/mol. The molecule has 0 saturated heterocycles. The Labute approximate surface area is 102 Å². The maximum Gasteiger partial charge on any atom is -0.0283 e. The van der Waals surface area contributed by atoms with Crippen molar-refractivity contribution < 1.29 is 0 Å². The molecule has 0 aromatic heterocycles. The van der Waals surface area contributed by atoms with Crippen LogP contribution in [0.25, 0.3) is 0 Å². The topological polar surface area (TPSA) is 0 Å². The Kier molecular flexibility index (Phi) is 11.7. The van der Waals surface area contributed by atoms with E-state index in [4.69, 9.17) is 0 Å². The third-order valence-electron chi connectivity index (χ3n) is 2.63. The highest BCUT2D eigenvalue weighted by Gasteiger charge is 1.90. The molecule has 0 fully saturated rings. The second kappa shape index (κ2) is 12.3. The lowest BCUT2D eigenvalue weighted by Crippen LogP contribution is -1.80. The van der Waals surface area contributed by atoms with E-state index < -0.39 is 0 Å². The van der Waals surface area contributed by atoms with E-state index in [0.717, 1.165) is 0 Å². The zero-order valence-corrected chi connectivity index (χ0v) is 11.3. The Hall–Kier alpha value is -0.780. The van der Waals surface area contributed by atoms with Crippen molar-refractivity contribution in [2.45, 2.75) is 65.7 Å². The largest absolute Gasteiger partial charge is 0.0885 e. The SMILES string of the molecule is CCCC=CC=C(CC)CCC=CCCC. The van der Waals surface area contributed by atoms with Gasteiger partial charge < -0.3 is 0 Å². The normalized spacial score (nSPS) is 13.1. The lowest BCUT2D eigenvalue weighted by Gasteiger charge is -2.00. The average molecular weight is 220 g/mol. The van der Waals surface area contributed by atoms with Gasteiger partial charge in [0, 0.05) is 0 Å². The summed E-state index contributed by atoms with van der Waals surface area (Å²) in [6, 6.07) is 0. The van der Waals surface area contributed by atoms with E-state index in [1.165, 1.54) is 44.9 Å². The lowest BCUT2D eigenvalue weighted by molar-refractivity contribution is 0.894. The summed E-state index contributed by atoms with van der Waals surface area (Å²) in [5.41, 5.74) is 1.56. The monoisotopic (exact) mass is 220 g/mol. The molecule has 0 N–H and O–H groups in total. The minimum atomic E-state index is 1.18. The molecule has 0 amide bonds. The Bertz CT molecular complexity index is 218. The summed E-state index contributed by atoms with van der Waals surface area (Å²) < 4.78 is 0. The predicted octanol–water partition coefficient (Wildman–Crippen LogP) is 5.82. The van der Waals surface area contributed by atoms with Gasteiger partial charge in [-0.2, -0.15) is 0 Å². The van der Waals surface area contributed by atoms with E-state index in [1.54, 1.807) is 5.57 Å². The quantitative estimate of drug-likeness (QED) is 0.339. The summed E-state index contributed by atoms with van der Waals surface area (Å²) in [4.78, 5) is 0. The Morgan fingerprint density at radius 2 is 1.44 bits per heavy atom. The second-order valence-corrected chi connectivity index (χ2v) is 4.19. The van der Waals surface area contributed by atoms with Crippen molar-refractivity contribution in [3.05, 3.63) is 36.0 Å². The average Bonchev–Trinajstić information content (AvgIpc) is 2.31. The number of rotatable bonds is 9. The van der Waals surface area contributed by atoms with Gasteiger partial charge in [-0.3, -0.25) is 0 Å². The van der Waals surface area contributed by atoms with E-state index in [1.807, 2.05) is 0 Å². The van der Waals surface area contributed by atoms with Crippen molar-refractivity contribution in [1.82, 2.24) is 0 Å². The van der Waals surface area contributed by atoms with Crippen LogP contribution in [0.4, 0.5) is 0 Å². The minimum absolute atomic E-state index is 1.18. The third-order valence-corrected chi connectivity index (χ3v) is 2.63. The van der Waals surface area contributed by atoms with Gasteiger partial charge in [0.05, 0.1) is 0 Å². The van der Waals surface area contributed by atoms with Crippen LogP contribution in [0.15, 0.2) is 36.0 Å². The first-order chi connectivity index (χ1) is 7.85. The molecule has 0 spiro atoms. The molecule has 0 heterocycles. The summed E-state index contributed by atoms with van der Waals surface area (Å²) >= 11 is 0. The lowest BCUT2D eigenvalue weighted by atomic mass is 10.1. The molecule has 0 bridgehead atoms. The van der Waals surface area contributed by atoms with Gasteiger partial charge in [0.1, 0.15) is 0 Å². The van der Waals surface area contributed by atoms with Crippen LogP contribution in [0, 0.1) is 0 Å². The molecule has 0 aliphatic heterocycles. The molecule has 0 aromatic rings. The predicted molar refractivity (Wildman–Crippen MR) is 75.7 cm³/mol. The first-order valence-electron chi connectivity index (χ1n) is 6.84. The molecule has 0 rings (SSSR count). The molecule has 0 aliphatic rings. The molecular formula is C16H28. The fraction of sp³-hybridized carbons (Fsp3) is 0.625. The van der Waals surface area contributed by atoms with Crippen molar-refractivity contribution in [3.63, 3.8) is 0 Å². The van der Waals surface area contributed by atoms with Crippen molar-refractivity contribution in [2.75, 3.05) is 0 Å². The molecule has 16 heavy (non-hydrogen) atoms. The minimum Gasteiger partial charge on any atom is -0.0885 e. The first-order valence-corrected chi connectivity index (χ1v) is 6.84. The van der Waals surface area contributed by atoms with Gasteiger partial charge in [-0.1, -0.05) is 69.6 Å². The van der Waals surface area contributed by atoms with Crippen molar-refractivity contribution >= 4 is 0 Å². The summed E-state index contributed by atoms with van der Waals surface area (Å²) in [6.45, 7) is 6.68. The molecule has 92 valence electrons. The molecule has 0 nitrogen and oxygen atoms in total. The molecule has 0 atom stereocenters. The van der Waals surface area contributed by atoms with Gasteiger partial charge in [-0.05, 0) is 32.1 Å². The standard InChI is InChI=1S/C16H28/c1-4-7-9-11-13-15-16(6-3)14-12-10-8-5-2/h9-12,14H,4-8,13,15H2,1-3H3. The van der Waals surface area contributed by atoms with Gasteiger partial charge in [0.15, 0.2) is 0 Å². The zero-order chi connectivity index (χ0) is 12.1. The van der Waals surface area contributed by atoms with E-state index >= 15 is 0 Å². The number of allylic oxidation sites excluding steroid dienone is 6. The second-order valence-electron chi connectivity index (χ2n) is 4.19. The van der Waals surface area contributed by atoms with Crippen LogP contribution in [0.2, 0.25) is 0 Å². The highest BCUT2D eigenvalue weighted by Crippen LogP contribution is 2.10. The summed E-state index contributed by atoms with van der Waals surface area (Å²) in [5.74, 6) is 0. The van der Waals surface area contributed by atoms with Crippen molar-refractivity contribution in [3.8, 4) is 0 Å². The van der Waals surface area contributed by atoms with Crippen LogP contribution in [0.1, 0.15) is 65.7 Å². The Morgan fingerprint density at radius 1 is 0.812 bits per heavy atom. The first kappa shape index (κ1) is 15.2. The van der Waals surface area contributed by atoms with Crippen LogP contribution in [-0.2, 0) is 0 Å². The molecule has 0 aliphatic carbocycles. The molecule has 0 saturated carbocycles. The van der Waals surface area contributed by atoms with E-state index in [9.17, 15) is 0 Å². The number of hydrogen-bond donors (Lipinski definition) is 0. The van der Waals surface area contributed by atoms with Gasteiger partial charge in [0.25, 0.3) is 0 Å². The summed E-state index contributed by atoms with van der Waals surface area (Å²) in [5, 5.41) is 0. The van der Waals surface area contributed by atoms with Gasteiger partial charge in [-0.25, -0.2) is 0 Å². The fourth-order valence-electron chi connectivity index (χ4n) is 1.52. The molecule has 0 unspecified atom stereocenters. The number of unbranched alkanes of at least 4 members (excludes halogenated alkanes) is 2. The van der Waals surface area contributed by atoms with Gasteiger partial charge in [-0.15, -0.1) is 0 Å². The molecule has 0 aromatic carbocycles. The Balaban J connectivity index is 3.81. The summed E-state index contributed by atoms with van der Waals surface area (Å²) in [6.07, 6.45) is 19.9. The van der Waals surface area contributed by atoms with Crippen molar-refractivity contribution in [2.24, 2.45) is 0 Å². The zero-order valence-electron chi connectivity index (χ0n) is 11.3. The van der Waals surface area contributed by atoms with E-state index in [0.29, 0.717) is 0 Å². The van der Waals surface area contributed by atoms with E-state index in [2.05, 4.69) is 51.2 Å². The summed E-state index contributed by atoms with van der Waals surface area (Å²) in [7, 11) is 0. The maximum absolute atomic E-state index is 2.32. The van der Waals surface area contributed by atoms with E-state index in [-0.39, 0.29) is 0 Å².